The summed E-state index contributed by atoms with van der Waals surface area (Å²) in [6.45, 7) is 3.39. The zero-order chi connectivity index (χ0) is 27.4. The number of amides is 2. The number of carboxylic acids is 2. The third-order valence-corrected chi connectivity index (χ3v) is 6.81. The van der Waals surface area contributed by atoms with Crippen molar-refractivity contribution in [1.82, 2.24) is 19.9 Å². The number of aliphatic carboxylic acids is 2. The summed E-state index contributed by atoms with van der Waals surface area (Å²) in [4.78, 5) is 53.9. The Morgan fingerprint density at radius 1 is 1.11 bits per heavy atom. The molecule has 0 aromatic carbocycles. The lowest BCUT2D eigenvalue weighted by Crippen LogP contribution is -2.50. The lowest BCUT2D eigenvalue weighted by molar-refractivity contribution is -0.165. The van der Waals surface area contributed by atoms with Gasteiger partial charge in [-0.15, -0.1) is 0 Å². The second-order valence-electron chi connectivity index (χ2n) is 9.58. The number of rotatable bonds is 8. The number of nitrogens with one attached hydrogen (secondary N) is 1. The second-order valence-corrected chi connectivity index (χ2v) is 9.58. The van der Waals surface area contributed by atoms with Crippen molar-refractivity contribution in [2.45, 2.75) is 69.6 Å². The summed E-state index contributed by atoms with van der Waals surface area (Å²) in [6, 6.07) is 4.11. The lowest BCUT2D eigenvalue weighted by Gasteiger charge is -2.32. The zero-order valence-electron chi connectivity index (χ0n) is 21.0. The first-order chi connectivity index (χ1) is 18.2. The van der Waals surface area contributed by atoms with Crippen LogP contribution in [0.15, 0.2) is 29.5 Å². The van der Waals surface area contributed by atoms with E-state index in [-0.39, 0.29) is 12.1 Å². The molecule has 0 radical (unpaired) electrons. The second kappa shape index (κ2) is 11.7. The minimum Gasteiger partial charge on any atom is -0.479 e. The molecule has 1 fully saturated rings. The SMILES string of the molecule is CCCN1C(=O)N2C[C@@H](Cc3ccncc3)N=C2c2[nH]c(C3CCCC3)nc21.O=C(O)C(O)C(O)C(=O)O. The number of aliphatic hydroxyl groups is 2. The van der Waals surface area contributed by atoms with Gasteiger partial charge in [0.1, 0.15) is 11.5 Å². The Morgan fingerprint density at radius 3 is 2.32 bits per heavy atom. The van der Waals surface area contributed by atoms with E-state index in [0.29, 0.717) is 19.0 Å². The molecule has 3 aliphatic rings. The molecule has 2 unspecified atom stereocenters. The van der Waals surface area contributed by atoms with Crippen LogP contribution < -0.4 is 4.90 Å². The molecule has 1 aliphatic carbocycles. The first kappa shape index (κ1) is 27.2. The minimum atomic E-state index is -2.27. The summed E-state index contributed by atoms with van der Waals surface area (Å²) in [7, 11) is 0. The Balaban J connectivity index is 0.000000289. The summed E-state index contributed by atoms with van der Waals surface area (Å²) in [5, 5.41) is 32.5. The number of nitrogens with zero attached hydrogens (tertiary/aromatic N) is 5. The molecule has 13 heteroatoms. The van der Waals surface area contributed by atoms with Gasteiger partial charge in [-0.3, -0.25) is 19.8 Å². The number of amidine groups is 1. The molecule has 0 bridgehead atoms. The summed E-state index contributed by atoms with van der Waals surface area (Å²) in [6.07, 6.45) is 5.66. The maximum absolute atomic E-state index is 13.2. The maximum Gasteiger partial charge on any atom is 0.335 e. The largest absolute Gasteiger partial charge is 0.479 e. The van der Waals surface area contributed by atoms with Gasteiger partial charge in [-0.1, -0.05) is 19.8 Å². The number of pyridine rings is 1. The number of H-pyrrole nitrogens is 1. The van der Waals surface area contributed by atoms with E-state index >= 15 is 0 Å². The molecule has 4 heterocycles. The summed E-state index contributed by atoms with van der Waals surface area (Å²) >= 11 is 0. The summed E-state index contributed by atoms with van der Waals surface area (Å²) in [5.41, 5.74) is 2.12. The van der Waals surface area contributed by atoms with E-state index in [9.17, 15) is 14.4 Å². The molecule has 0 saturated heterocycles. The highest BCUT2D eigenvalue weighted by Crippen LogP contribution is 2.37. The van der Waals surface area contributed by atoms with E-state index < -0.39 is 24.1 Å². The molecule has 38 heavy (non-hydrogen) atoms. The highest BCUT2D eigenvalue weighted by molar-refractivity contribution is 6.18. The number of fused-ring (bicyclic) bond motifs is 3. The Labute approximate surface area is 218 Å². The first-order valence-corrected chi connectivity index (χ1v) is 12.7. The monoisotopic (exact) mass is 528 g/mol. The molecule has 2 aromatic rings. The Bertz CT molecular complexity index is 1180. The van der Waals surface area contributed by atoms with Crippen LogP contribution in [0.2, 0.25) is 0 Å². The van der Waals surface area contributed by atoms with Gasteiger partial charge in [0, 0.05) is 24.9 Å². The Kier molecular flexibility index (Phi) is 8.37. The lowest BCUT2D eigenvalue weighted by atomic mass is 10.1. The van der Waals surface area contributed by atoms with Crippen molar-refractivity contribution >= 4 is 29.6 Å². The van der Waals surface area contributed by atoms with Crippen molar-refractivity contribution in [1.29, 1.82) is 0 Å². The van der Waals surface area contributed by atoms with E-state index in [1.54, 1.807) is 12.4 Å². The molecule has 5 rings (SSSR count). The van der Waals surface area contributed by atoms with Gasteiger partial charge in [-0.05, 0) is 43.4 Å². The molecule has 2 amide bonds. The van der Waals surface area contributed by atoms with E-state index in [0.717, 1.165) is 36.0 Å². The van der Waals surface area contributed by atoms with Crippen molar-refractivity contribution in [3.05, 3.63) is 41.6 Å². The van der Waals surface area contributed by atoms with Crippen LogP contribution in [0.1, 0.15) is 62.0 Å². The smallest absolute Gasteiger partial charge is 0.335 e. The number of hydrogen-bond donors (Lipinski definition) is 5. The number of imidazole rings is 1. The van der Waals surface area contributed by atoms with Gasteiger partial charge in [0.15, 0.2) is 23.9 Å². The average Bonchev–Trinajstić information content (AvgIpc) is 3.66. The summed E-state index contributed by atoms with van der Waals surface area (Å²) < 4.78 is 0. The molecule has 2 aromatic heterocycles. The van der Waals surface area contributed by atoms with Gasteiger partial charge in [-0.25, -0.2) is 19.4 Å². The standard InChI is InChI=1S/C21H26N6O.C4H6O6/c1-2-11-26-20-17(24-18(25-20)15-5-3-4-6-15)19-23-16(13-27(19)21(26)28)12-14-7-9-22-10-8-14;5-1(3(7)8)2(6)4(9)10/h7-10,15-16H,2-6,11-13H2,1H3,(H,24,25);1-2,5-6H,(H,7,8)(H,9,10)/t16-;/m1./s1. The van der Waals surface area contributed by atoms with E-state index in [2.05, 4.69) is 16.9 Å². The molecule has 5 N–H and O–H groups in total. The maximum atomic E-state index is 13.2. The molecular weight excluding hydrogens is 496 g/mol. The molecule has 204 valence electrons. The fraction of sp³-hybridized carbons (Fsp3) is 0.520. The van der Waals surface area contributed by atoms with Crippen LogP contribution in [0.4, 0.5) is 10.6 Å². The van der Waals surface area contributed by atoms with E-state index in [1.807, 2.05) is 21.9 Å². The molecule has 0 spiro atoms. The number of aliphatic hydroxyl groups excluding tert-OH is 2. The number of aromatic amines is 1. The third kappa shape index (κ3) is 5.68. The number of carbonyl (C=O) groups is 3. The number of aliphatic imine (C=N–C) groups is 1. The number of carbonyl (C=O) groups excluding carboxylic acids is 1. The van der Waals surface area contributed by atoms with Gasteiger partial charge >= 0.3 is 18.0 Å². The van der Waals surface area contributed by atoms with Crippen molar-refractivity contribution < 1.29 is 34.8 Å². The van der Waals surface area contributed by atoms with Crippen LogP contribution in [0.5, 0.6) is 0 Å². The van der Waals surface area contributed by atoms with Crippen molar-refractivity contribution in [3.8, 4) is 0 Å². The molecule has 3 atom stereocenters. The van der Waals surface area contributed by atoms with Crippen LogP contribution in [0, 0.1) is 0 Å². The van der Waals surface area contributed by atoms with Crippen molar-refractivity contribution in [2.75, 3.05) is 18.0 Å². The zero-order valence-corrected chi connectivity index (χ0v) is 21.0. The predicted octanol–water partition coefficient (Wildman–Crippen LogP) is 1.36. The van der Waals surface area contributed by atoms with E-state index in [4.69, 9.17) is 30.4 Å². The number of aromatic nitrogens is 3. The molecule has 1 saturated carbocycles. The van der Waals surface area contributed by atoms with Crippen LogP contribution in [0.3, 0.4) is 0 Å². The topological polar surface area (TPSA) is 193 Å². The molecular formula is C25H32N6O7. The predicted molar refractivity (Wildman–Crippen MR) is 135 cm³/mol. The highest BCUT2D eigenvalue weighted by Gasteiger charge is 2.42. The van der Waals surface area contributed by atoms with Gasteiger partial charge in [-0.2, -0.15) is 0 Å². The van der Waals surface area contributed by atoms with Gasteiger partial charge < -0.3 is 25.4 Å². The normalized spacial score (nSPS) is 20.2. The van der Waals surface area contributed by atoms with Gasteiger partial charge in [0.25, 0.3) is 0 Å². The number of urea groups is 1. The average molecular weight is 529 g/mol. The highest BCUT2D eigenvalue weighted by atomic mass is 16.4. The minimum absolute atomic E-state index is 0.00907. The molecule has 13 nitrogen and oxygen atoms in total. The Hall–Kier alpha value is -3.84. The van der Waals surface area contributed by atoms with Crippen LogP contribution in [-0.2, 0) is 16.0 Å². The van der Waals surface area contributed by atoms with Crippen LogP contribution in [-0.4, -0.2) is 95.4 Å². The van der Waals surface area contributed by atoms with Gasteiger partial charge in [0.2, 0.25) is 0 Å². The number of carboxylic acid groups (broad SMARTS) is 2. The van der Waals surface area contributed by atoms with Crippen LogP contribution >= 0.6 is 0 Å². The number of anilines is 1. The molecule has 2 aliphatic heterocycles. The fourth-order valence-electron chi connectivity index (χ4n) is 4.91. The van der Waals surface area contributed by atoms with E-state index in [1.165, 1.54) is 31.2 Å². The summed E-state index contributed by atoms with van der Waals surface area (Å²) in [5.74, 6) is -0.493. The number of hydrogen-bond acceptors (Lipinski definition) is 8. The fourth-order valence-corrected chi connectivity index (χ4v) is 4.91. The quantitative estimate of drug-likeness (QED) is 0.336. The van der Waals surface area contributed by atoms with Crippen molar-refractivity contribution in [3.63, 3.8) is 0 Å². The first-order valence-electron chi connectivity index (χ1n) is 12.7. The van der Waals surface area contributed by atoms with Crippen molar-refractivity contribution in [2.24, 2.45) is 4.99 Å². The Morgan fingerprint density at radius 2 is 1.74 bits per heavy atom. The van der Waals surface area contributed by atoms with Gasteiger partial charge in [0.05, 0.1) is 12.6 Å². The third-order valence-electron chi connectivity index (χ3n) is 6.81. The van der Waals surface area contributed by atoms with Crippen LogP contribution in [0.25, 0.3) is 0 Å².